The SMILES string of the molecule is COc1ccnc(-n2c3ccc(CCCCC(C)(C)C)cc3c3ccc(Oc4cccc(-n5nc(C)c(-c6ccccc6)c5C)c4)cc32)c1. The Morgan fingerprint density at radius 3 is 2.33 bits per heavy atom. The normalized spacial score (nSPS) is 11.8. The first-order valence-corrected chi connectivity index (χ1v) is 17.2. The van der Waals surface area contributed by atoms with Crippen molar-refractivity contribution in [2.24, 2.45) is 5.41 Å². The summed E-state index contributed by atoms with van der Waals surface area (Å²) in [6.07, 6.45) is 6.50. The van der Waals surface area contributed by atoms with E-state index in [0.29, 0.717) is 5.41 Å². The van der Waals surface area contributed by atoms with Crippen LogP contribution in [-0.4, -0.2) is 26.4 Å². The van der Waals surface area contributed by atoms with Crippen LogP contribution in [0.3, 0.4) is 0 Å². The summed E-state index contributed by atoms with van der Waals surface area (Å²) in [5.74, 6) is 3.05. The van der Waals surface area contributed by atoms with E-state index in [9.17, 15) is 0 Å². The number of fused-ring (bicyclic) bond motifs is 3. The van der Waals surface area contributed by atoms with E-state index in [2.05, 4.69) is 106 Å². The van der Waals surface area contributed by atoms with Crippen LogP contribution in [0.25, 0.3) is 44.4 Å². The van der Waals surface area contributed by atoms with Crippen molar-refractivity contribution in [2.45, 2.75) is 60.3 Å². The molecule has 0 N–H and O–H groups in total. The van der Waals surface area contributed by atoms with Gasteiger partial charge in [-0.05, 0) is 92.1 Å². The second kappa shape index (κ2) is 13.3. The van der Waals surface area contributed by atoms with E-state index < -0.39 is 0 Å². The van der Waals surface area contributed by atoms with Gasteiger partial charge in [0.15, 0.2) is 0 Å². The van der Waals surface area contributed by atoms with E-state index in [1.807, 2.05) is 41.1 Å². The number of nitrogens with zero attached hydrogens (tertiary/aromatic N) is 4. The Morgan fingerprint density at radius 1 is 0.714 bits per heavy atom. The molecule has 6 heteroatoms. The Balaban J connectivity index is 1.25. The number of methoxy groups -OCH3 is 1. The largest absolute Gasteiger partial charge is 0.497 e. The van der Waals surface area contributed by atoms with Gasteiger partial charge in [0, 0.05) is 46.4 Å². The Labute approximate surface area is 289 Å². The van der Waals surface area contributed by atoms with Crippen LogP contribution in [-0.2, 0) is 6.42 Å². The van der Waals surface area contributed by atoms with Gasteiger partial charge < -0.3 is 9.47 Å². The van der Waals surface area contributed by atoms with Gasteiger partial charge in [0.1, 0.15) is 23.1 Å². The summed E-state index contributed by atoms with van der Waals surface area (Å²) >= 11 is 0. The van der Waals surface area contributed by atoms with Gasteiger partial charge in [0.05, 0.1) is 29.5 Å². The van der Waals surface area contributed by atoms with Crippen LogP contribution in [0.2, 0.25) is 0 Å². The molecule has 0 aliphatic heterocycles. The quantitative estimate of drug-likeness (QED) is 0.139. The first-order valence-electron chi connectivity index (χ1n) is 17.2. The average Bonchev–Trinajstić information content (AvgIpc) is 3.58. The maximum absolute atomic E-state index is 6.56. The standard InChI is InChI=1S/C43H44N4O2/c1-29-42(32-14-8-7-9-15-32)30(2)47(45-29)33-16-12-17-35(26-33)49-36-19-20-37-38-25-31(13-10-11-23-43(3,4)5)18-21-39(38)46(40(37)27-36)41-28-34(48-6)22-24-44-41/h7-9,12,14-22,24-28H,10-11,13,23H2,1-6H3. The highest BCUT2D eigenvalue weighted by atomic mass is 16.5. The Bertz CT molecular complexity index is 2260. The van der Waals surface area contributed by atoms with Crippen molar-refractivity contribution in [3.63, 3.8) is 0 Å². The van der Waals surface area contributed by atoms with Crippen molar-refractivity contribution in [1.29, 1.82) is 0 Å². The zero-order chi connectivity index (χ0) is 34.1. The molecular formula is C43H44N4O2. The Kier molecular flexibility index (Phi) is 8.72. The lowest BCUT2D eigenvalue weighted by Gasteiger charge is -2.17. The molecule has 7 aromatic rings. The summed E-state index contributed by atoms with van der Waals surface area (Å²) in [5, 5.41) is 7.28. The lowest BCUT2D eigenvalue weighted by Crippen LogP contribution is -2.04. The maximum atomic E-state index is 6.56. The minimum atomic E-state index is 0.366. The van der Waals surface area contributed by atoms with Gasteiger partial charge >= 0.3 is 0 Å². The highest BCUT2D eigenvalue weighted by Gasteiger charge is 2.18. The van der Waals surface area contributed by atoms with Gasteiger partial charge in [-0.25, -0.2) is 9.67 Å². The van der Waals surface area contributed by atoms with E-state index in [-0.39, 0.29) is 0 Å². The molecule has 0 radical (unpaired) electrons. The predicted octanol–water partition coefficient (Wildman–Crippen LogP) is 11.2. The van der Waals surface area contributed by atoms with E-state index >= 15 is 0 Å². The Hall–Kier alpha value is -5.36. The molecule has 0 spiro atoms. The molecule has 0 unspecified atom stereocenters. The second-order valence-corrected chi connectivity index (χ2v) is 14.1. The number of hydrogen-bond donors (Lipinski definition) is 0. The summed E-state index contributed by atoms with van der Waals surface area (Å²) in [4.78, 5) is 4.77. The lowest BCUT2D eigenvalue weighted by molar-refractivity contribution is 0.360. The molecule has 248 valence electrons. The molecule has 0 aliphatic rings. The minimum Gasteiger partial charge on any atom is -0.497 e. The van der Waals surface area contributed by atoms with Gasteiger partial charge in [-0.1, -0.05) is 69.7 Å². The van der Waals surface area contributed by atoms with Crippen molar-refractivity contribution >= 4 is 21.8 Å². The van der Waals surface area contributed by atoms with Crippen molar-refractivity contribution in [2.75, 3.05) is 7.11 Å². The van der Waals surface area contributed by atoms with Crippen molar-refractivity contribution in [1.82, 2.24) is 19.3 Å². The van der Waals surface area contributed by atoms with Gasteiger partial charge in [-0.15, -0.1) is 0 Å². The number of pyridine rings is 1. The van der Waals surface area contributed by atoms with E-state index in [0.717, 1.165) is 74.1 Å². The molecule has 0 bridgehead atoms. The number of aryl methyl sites for hydroxylation is 2. The number of hydrogen-bond acceptors (Lipinski definition) is 4. The number of unbranched alkanes of at least 4 members (excludes halogenated alkanes) is 1. The molecule has 0 saturated carbocycles. The van der Waals surface area contributed by atoms with E-state index in [1.165, 1.54) is 30.2 Å². The first kappa shape index (κ1) is 32.2. The predicted molar refractivity (Wildman–Crippen MR) is 201 cm³/mol. The van der Waals surface area contributed by atoms with Crippen molar-refractivity contribution in [3.8, 4) is 39.9 Å². The zero-order valence-corrected chi connectivity index (χ0v) is 29.3. The molecule has 4 aromatic carbocycles. The van der Waals surface area contributed by atoms with Gasteiger partial charge in [0.25, 0.3) is 0 Å². The van der Waals surface area contributed by atoms with Crippen LogP contribution in [0.5, 0.6) is 17.2 Å². The molecule has 3 heterocycles. The highest BCUT2D eigenvalue weighted by molar-refractivity contribution is 6.09. The average molecular weight is 649 g/mol. The van der Waals surface area contributed by atoms with Crippen LogP contribution in [0.15, 0.2) is 109 Å². The van der Waals surface area contributed by atoms with Crippen LogP contribution < -0.4 is 9.47 Å². The summed E-state index contributed by atoms with van der Waals surface area (Å²) in [6, 6.07) is 35.6. The molecular weight excluding hydrogens is 604 g/mol. The van der Waals surface area contributed by atoms with Crippen LogP contribution in [0.4, 0.5) is 0 Å². The molecule has 0 saturated heterocycles. The second-order valence-electron chi connectivity index (χ2n) is 14.1. The van der Waals surface area contributed by atoms with E-state index in [1.54, 1.807) is 13.3 Å². The monoisotopic (exact) mass is 648 g/mol. The molecule has 3 aromatic heterocycles. The third kappa shape index (κ3) is 6.68. The molecule has 49 heavy (non-hydrogen) atoms. The fraction of sp³-hybridized carbons (Fsp3) is 0.256. The van der Waals surface area contributed by atoms with Crippen LogP contribution in [0.1, 0.15) is 57.0 Å². The molecule has 0 atom stereocenters. The minimum absolute atomic E-state index is 0.366. The third-order valence-corrected chi connectivity index (χ3v) is 9.28. The zero-order valence-electron chi connectivity index (χ0n) is 29.3. The smallest absolute Gasteiger partial charge is 0.141 e. The maximum Gasteiger partial charge on any atom is 0.141 e. The molecule has 0 fully saturated rings. The van der Waals surface area contributed by atoms with Gasteiger partial charge in [0.2, 0.25) is 0 Å². The summed E-state index contributed by atoms with van der Waals surface area (Å²) in [6.45, 7) is 11.1. The van der Waals surface area contributed by atoms with Gasteiger partial charge in [-0.3, -0.25) is 4.57 Å². The molecule has 0 amide bonds. The molecule has 7 rings (SSSR count). The number of aromatic nitrogens is 4. The van der Waals surface area contributed by atoms with E-state index in [4.69, 9.17) is 19.6 Å². The third-order valence-electron chi connectivity index (χ3n) is 9.28. The van der Waals surface area contributed by atoms with Crippen molar-refractivity contribution in [3.05, 3.63) is 126 Å². The number of benzene rings is 4. The highest BCUT2D eigenvalue weighted by Crippen LogP contribution is 2.37. The number of ether oxygens (including phenoxy) is 2. The Morgan fingerprint density at radius 2 is 1.53 bits per heavy atom. The van der Waals surface area contributed by atoms with Gasteiger partial charge in [-0.2, -0.15) is 5.10 Å². The van der Waals surface area contributed by atoms with Crippen molar-refractivity contribution < 1.29 is 9.47 Å². The fourth-order valence-electron chi connectivity index (χ4n) is 6.88. The van der Waals surface area contributed by atoms with Crippen LogP contribution in [0, 0.1) is 19.3 Å². The molecule has 6 nitrogen and oxygen atoms in total. The summed E-state index contributed by atoms with van der Waals surface area (Å²) < 4.78 is 16.4. The fourth-order valence-corrected chi connectivity index (χ4v) is 6.88. The topological polar surface area (TPSA) is 54.1 Å². The molecule has 0 aliphatic carbocycles. The number of rotatable bonds is 10. The van der Waals surface area contributed by atoms with Crippen LogP contribution >= 0.6 is 0 Å². The first-order chi connectivity index (χ1) is 23.7. The summed E-state index contributed by atoms with van der Waals surface area (Å²) in [5.41, 5.74) is 9.21. The summed E-state index contributed by atoms with van der Waals surface area (Å²) in [7, 11) is 1.69. The lowest BCUT2D eigenvalue weighted by atomic mass is 9.89.